The molecule has 3 aromatic carbocycles. The van der Waals surface area contributed by atoms with Gasteiger partial charge in [0.05, 0.1) is 0 Å². The minimum atomic E-state index is -2.49. The summed E-state index contributed by atoms with van der Waals surface area (Å²) in [7, 11) is 0. The van der Waals surface area contributed by atoms with Crippen molar-refractivity contribution in [1.82, 2.24) is 0 Å². The fourth-order valence-electron chi connectivity index (χ4n) is 5.78. The first kappa shape index (κ1) is 28.0. The van der Waals surface area contributed by atoms with E-state index < -0.39 is 21.3 Å². The van der Waals surface area contributed by atoms with Crippen LogP contribution in [0.15, 0.2) is 93.3 Å². The molecular weight excluding hydrogens is 553 g/mol. The molecule has 0 saturated carbocycles. The van der Waals surface area contributed by atoms with E-state index in [1.54, 1.807) is 15.4 Å². The van der Waals surface area contributed by atoms with Crippen molar-refractivity contribution < 1.29 is 50.5 Å². The fraction of sp³-hybridized carbons (Fsp3) is 0.258. The maximum Gasteiger partial charge on any atom is -1.00 e. The normalized spacial score (nSPS) is 16.9. The molecule has 0 N–H and O–H groups in total. The molecule has 0 radical (unpaired) electrons. The van der Waals surface area contributed by atoms with Crippen LogP contribution in [0.1, 0.15) is 54.9 Å². The standard InChI is InChI=1S/C13H9.C11H17.C7H5F.2ClH.Zr/c1-3-7-12-10(5-1)9-11-6-2-4-8-13(11)12;1-8-6-9(2)10(7-8)11(3,4)5;1-6-2-4-7(8)5-3-6;;;/h1-9H;7-8H,1-5H3;1-5H;2*1H;/q;;;;;+2/p-2. The van der Waals surface area contributed by atoms with Crippen LogP contribution in [-0.4, -0.2) is 3.71 Å². The van der Waals surface area contributed by atoms with E-state index in [2.05, 4.69) is 92.9 Å². The summed E-state index contributed by atoms with van der Waals surface area (Å²) in [6.45, 7) is 11.7. The largest absolute Gasteiger partial charge is 1.00 e. The van der Waals surface area contributed by atoms with Gasteiger partial charge in [-0.2, -0.15) is 0 Å². The minimum absolute atomic E-state index is 0. The molecule has 0 aliphatic heterocycles. The molecule has 0 fully saturated rings. The van der Waals surface area contributed by atoms with E-state index in [9.17, 15) is 4.39 Å². The molecule has 0 saturated heterocycles. The minimum Gasteiger partial charge on any atom is -1.00 e. The van der Waals surface area contributed by atoms with Crippen molar-refractivity contribution in [2.45, 2.75) is 38.2 Å². The van der Waals surface area contributed by atoms with Gasteiger partial charge < -0.3 is 24.8 Å². The summed E-state index contributed by atoms with van der Waals surface area (Å²) in [5.41, 5.74) is 10.0. The molecule has 5 rings (SSSR count). The summed E-state index contributed by atoms with van der Waals surface area (Å²) in [6.07, 6.45) is 2.51. The first-order chi connectivity index (χ1) is 15.8. The van der Waals surface area contributed by atoms with Crippen LogP contribution in [0.25, 0.3) is 11.1 Å². The van der Waals surface area contributed by atoms with Crippen molar-refractivity contribution in [3.63, 3.8) is 0 Å². The Balaban J connectivity index is 0.00000171. The Kier molecular flexibility index (Phi) is 8.63. The van der Waals surface area contributed by atoms with Gasteiger partial charge in [-0.1, -0.05) is 0 Å². The van der Waals surface area contributed by atoms with E-state index in [0.717, 1.165) is 5.56 Å². The van der Waals surface area contributed by atoms with Gasteiger partial charge >= 0.3 is 206 Å². The van der Waals surface area contributed by atoms with Gasteiger partial charge in [0, 0.05) is 0 Å². The topological polar surface area (TPSA) is 0 Å². The maximum absolute atomic E-state index is 13.7. The Morgan fingerprint density at radius 1 is 0.800 bits per heavy atom. The molecule has 0 bridgehead atoms. The number of benzene rings is 3. The summed E-state index contributed by atoms with van der Waals surface area (Å²) >= 11 is -2.49. The third kappa shape index (κ3) is 5.13. The molecule has 0 aromatic heterocycles. The third-order valence-electron chi connectivity index (χ3n) is 7.14. The Hall–Kier alpha value is -1.60. The number of hydrogen-bond acceptors (Lipinski definition) is 0. The first-order valence-electron chi connectivity index (χ1n) is 11.8. The van der Waals surface area contributed by atoms with Gasteiger partial charge in [-0.25, -0.2) is 0 Å². The van der Waals surface area contributed by atoms with Gasteiger partial charge in [0.2, 0.25) is 0 Å². The Morgan fingerprint density at radius 2 is 1.31 bits per heavy atom. The Labute approximate surface area is 229 Å². The van der Waals surface area contributed by atoms with Gasteiger partial charge in [0.15, 0.2) is 0 Å². The second-order valence-corrected chi connectivity index (χ2v) is 16.1. The van der Waals surface area contributed by atoms with Crippen LogP contribution in [0.3, 0.4) is 0 Å². The molecule has 0 heterocycles. The molecule has 4 heteroatoms. The molecule has 0 nitrogen and oxygen atoms in total. The van der Waals surface area contributed by atoms with Crippen LogP contribution in [0.4, 0.5) is 4.39 Å². The van der Waals surface area contributed by atoms with Crippen LogP contribution in [0.2, 0.25) is 0 Å². The zero-order chi connectivity index (χ0) is 23.3. The first-order valence-corrected chi connectivity index (χ1v) is 15.9. The van der Waals surface area contributed by atoms with E-state index in [1.165, 1.54) is 33.4 Å². The second-order valence-electron chi connectivity index (χ2n) is 10.4. The zero-order valence-corrected chi connectivity index (χ0v) is 24.8. The van der Waals surface area contributed by atoms with Crippen molar-refractivity contribution in [2.75, 3.05) is 0 Å². The molecule has 1 atom stereocenters. The fourth-order valence-corrected chi connectivity index (χ4v) is 14.5. The van der Waals surface area contributed by atoms with E-state index >= 15 is 0 Å². The predicted molar refractivity (Wildman–Crippen MR) is 135 cm³/mol. The van der Waals surface area contributed by atoms with E-state index in [-0.39, 0.29) is 36.0 Å². The van der Waals surface area contributed by atoms with Gasteiger partial charge in [0.1, 0.15) is 0 Å². The van der Waals surface area contributed by atoms with Gasteiger partial charge in [-0.15, -0.1) is 0 Å². The van der Waals surface area contributed by atoms with Crippen LogP contribution >= 0.6 is 0 Å². The SMILES string of the molecule is CC1=[C](/[Zr+2](=[CH]/c2ccc(F)cc2)[CH]2c3ccccc3-c3ccccc32)C(C)C=C1C(C)(C)C.[Cl-].[Cl-]. The van der Waals surface area contributed by atoms with Gasteiger partial charge in [-0.05, 0) is 0 Å². The van der Waals surface area contributed by atoms with Crippen molar-refractivity contribution in [1.29, 1.82) is 0 Å². The van der Waals surface area contributed by atoms with Crippen molar-refractivity contribution >= 4 is 3.71 Å². The second kappa shape index (κ2) is 10.8. The van der Waals surface area contributed by atoms with E-state index in [1.807, 2.05) is 12.1 Å². The van der Waals surface area contributed by atoms with Crippen LogP contribution < -0.4 is 24.8 Å². The summed E-state index contributed by atoms with van der Waals surface area (Å²) in [5.74, 6) is 0.278. The Morgan fingerprint density at radius 3 is 1.80 bits per heavy atom. The average molecular weight is 585 g/mol. The van der Waals surface area contributed by atoms with Crippen LogP contribution in [0.5, 0.6) is 0 Å². The molecule has 2 aliphatic rings. The number of allylic oxidation sites excluding steroid dienone is 4. The quantitative estimate of drug-likeness (QED) is 0.444. The van der Waals surface area contributed by atoms with Crippen LogP contribution in [0, 0.1) is 17.2 Å². The molecule has 3 aromatic rings. The Bertz CT molecular complexity index is 1280. The van der Waals surface area contributed by atoms with Gasteiger partial charge in [0.25, 0.3) is 0 Å². The number of hydrogen-bond donors (Lipinski definition) is 0. The summed E-state index contributed by atoms with van der Waals surface area (Å²) in [6, 6.07) is 25.0. The molecular formula is C31H31Cl2FZr. The molecule has 35 heavy (non-hydrogen) atoms. The summed E-state index contributed by atoms with van der Waals surface area (Å²) in [4.78, 5) is 0. The summed E-state index contributed by atoms with van der Waals surface area (Å²) < 4.78 is 18.4. The van der Waals surface area contributed by atoms with E-state index in [0.29, 0.717) is 9.54 Å². The molecule has 180 valence electrons. The molecule has 1 unspecified atom stereocenters. The smallest absolute Gasteiger partial charge is 1.00 e. The summed E-state index contributed by atoms with van der Waals surface area (Å²) in [5, 5.41) is 0. The molecule has 2 aliphatic carbocycles. The molecule has 0 spiro atoms. The number of fused-ring (bicyclic) bond motifs is 3. The van der Waals surface area contributed by atoms with Crippen molar-refractivity contribution in [3.05, 3.63) is 116 Å². The van der Waals surface area contributed by atoms with E-state index in [4.69, 9.17) is 0 Å². The van der Waals surface area contributed by atoms with Crippen molar-refractivity contribution in [3.8, 4) is 11.1 Å². The monoisotopic (exact) mass is 582 g/mol. The number of rotatable bonds is 3. The maximum atomic E-state index is 13.7. The third-order valence-corrected chi connectivity index (χ3v) is 15.3. The van der Waals surface area contributed by atoms with Gasteiger partial charge in [-0.3, -0.25) is 0 Å². The number of halogens is 3. The zero-order valence-electron chi connectivity index (χ0n) is 20.9. The van der Waals surface area contributed by atoms with Crippen molar-refractivity contribution in [2.24, 2.45) is 11.3 Å². The average Bonchev–Trinajstić information content (AvgIpc) is 3.28. The van der Waals surface area contributed by atoms with Crippen LogP contribution in [-0.2, 0) is 21.3 Å². The predicted octanol–water partition coefficient (Wildman–Crippen LogP) is 2.27. The molecule has 0 amide bonds.